The topological polar surface area (TPSA) is 44.5 Å². The molecule has 0 bridgehead atoms. The predicted octanol–water partition coefficient (Wildman–Crippen LogP) is 2.50. The maximum absolute atomic E-state index is 5.93. The van der Waals surface area contributed by atoms with Crippen molar-refractivity contribution >= 4 is 27.1 Å². The van der Waals surface area contributed by atoms with Gasteiger partial charge in [0.1, 0.15) is 11.5 Å². The van der Waals surface area contributed by atoms with Crippen LogP contribution in [0.15, 0.2) is 17.5 Å². The molecular formula is C10H11NO2S. The lowest BCUT2D eigenvalue weighted by atomic mass is 10.2. The van der Waals surface area contributed by atoms with E-state index < -0.39 is 0 Å². The third kappa shape index (κ3) is 1.19. The molecule has 0 atom stereocenters. The summed E-state index contributed by atoms with van der Waals surface area (Å²) in [4.78, 5) is 0. The predicted molar refractivity (Wildman–Crippen MR) is 59.3 cm³/mol. The van der Waals surface area contributed by atoms with Crippen LogP contribution in [-0.4, -0.2) is 14.2 Å². The Hall–Kier alpha value is -1.42. The Morgan fingerprint density at radius 1 is 1.14 bits per heavy atom. The number of benzene rings is 1. The SMILES string of the molecule is COc1ccc2c(OC)csc2c1N. The molecule has 1 aromatic carbocycles. The van der Waals surface area contributed by atoms with E-state index in [1.165, 1.54) is 0 Å². The second-order valence-corrected chi connectivity index (χ2v) is 3.74. The highest BCUT2D eigenvalue weighted by atomic mass is 32.1. The van der Waals surface area contributed by atoms with Crippen LogP contribution in [0.5, 0.6) is 11.5 Å². The van der Waals surface area contributed by atoms with E-state index >= 15 is 0 Å². The maximum Gasteiger partial charge on any atom is 0.143 e. The Morgan fingerprint density at radius 2 is 1.86 bits per heavy atom. The van der Waals surface area contributed by atoms with Crippen molar-refractivity contribution in [2.75, 3.05) is 20.0 Å². The number of thiophene rings is 1. The van der Waals surface area contributed by atoms with Crippen LogP contribution in [0.4, 0.5) is 5.69 Å². The molecule has 2 rings (SSSR count). The van der Waals surface area contributed by atoms with Crippen molar-refractivity contribution in [2.45, 2.75) is 0 Å². The summed E-state index contributed by atoms with van der Waals surface area (Å²) in [5, 5.41) is 2.98. The van der Waals surface area contributed by atoms with Crippen molar-refractivity contribution in [1.82, 2.24) is 0 Å². The van der Waals surface area contributed by atoms with Crippen molar-refractivity contribution in [3.05, 3.63) is 17.5 Å². The van der Waals surface area contributed by atoms with Crippen molar-refractivity contribution in [3.8, 4) is 11.5 Å². The van der Waals surface area contributed by atoms with Crippen LogP contribution >= 0.6 is 11.3 Å². The fourth-order valence-corrected chi connectivity index (χ4v) is 2.39. The summed E-state index contributed by atoms with van der Waals surface area (Å²) >= 11 is 1.56. The molecule has 0 radical (unpaired) electrons. The summed E-state index contributed by atoms with van der Waals surface area (Å²) in [5.74, 6) is 1.57. The molecular weight excluding hydrogens is 198 g/mol. The molecule has 0 aliphatic carbocycles. The first kappa shape index (κ1) is 9.15. The lowest BCUT2D eigenvalue weighted by Gasteiger charge is -2.04. The summed E-state index contributed by atoms with van der Waals surface area (Å²) in [6, 6.07) is 3.81. The lowest BCUT2D eigenvalue weighted by molar-refractivity contribution is 0.416. The number of rotatable bonds is 2. The van der Waals surface area contributed by atoms with Crippen LogP contribution in [0, 0.1) is 0 Å². The number of anilines is 1. The van der Waals surface area contributed by atoms with Gasteiger partial charge in [-0.2, -0.15) is 0 Å². The molecule has 0 amide bonds. The molecule has 0 unspecified atom stereocenters. The van der Waals surface area contributed by atoms with Crippen molar-refractivity contribution in [2.24, 2.45) is 0 Å². The molecule has 0 saturated carbocycles. The van der Waals surface area contributed by atoms with Crippen molar-refractivity contribution < 1.29 is 9.47 Å². The minimum atomic E-state index is 0.679. The monoisotopic (exact) mass is 209 g/mol. The molecule has 14 heavy (non-hydrogen) atoms. The van der Waals surface area contributed by atoms with Gasteiger partial charge in [0.15, 0.2) is 0 Å². The zero-order chi connectivity index (χ0) is 10.1. The van der Waals surface area contributed by atoms with Crippen LogP contribution < -0.4 is 15.2 Å². The largest absolute Gasteiger partial charge is 0.495 e. The molecule has 1 aromatic heterocycles. The third-order valence-electron chi connectivity index (χ3n) is 2.15. The second kappa shape index (κ2) is 3.38. The van der Waals surface area contributed by atoms with Gasteiger partial charge in [-0.25, -0.2) is 0 Å². The molecule has 3 nitrogen and oxygen atoms in total. The highest BCUT2D eigenvalue weighted by molar-refractivity contribution is 7.18. The van der Waals surface area contributed by atoms with Gasteiger partial charge >= 0.3 is 0 Å². The van der Waals surface area contributed by atoms with Gasteiger partial charge in [0.05, 0.1) is 24.6 Å². The van der Waals surface area contributed by atoms with Crippen LogP contribution in [0.25, 0.3) is 10.1 Å². The zero-order valence-corrected chi connectivity index (χ0v) is 8.85. The Bertz CT molecular complexity index is 464. The van der Waals surface area contributed by atoms with E-state index in [0.717, 1.165) is 15.8 Å². The summed E-state index contributed by atoms with van der Waals surface area (Å²) < 4.78 is 11.4. The van der Waals surface area contributed by atoms with E-state index in [0.29, 0.717) is 11.4 Å². The standard InChI is InChI=1S/C10H11NO2S/c1-12-7-4-3-6-8(13-2)5-14-10(6)9(7)11/h3-5H,11H2,1-2H3. The Morgan fingerprint density at radius 3 is 2.50 bits per heavy atom. The zero-order valence-electron chi connectivity index (χ0n) is 8.03. The molecule has 0 saturated heterocycles. The van der Waals surface area contributed by atoms with Gasteiger partial charge in [-0.05, 0) is 12.1 Å². The maximum atomic E-state index is 5.93. The highest BCUT2D eigenvalue weighted by Gasteiger charge is 2.10. The molecule has 2 aromatic rings. The number of ether oxygens (including phenoxy) is 2. The minimum Gasteiger partial charge on any atom is -0.495 e. The van der Waals surface area contributed by atoms with E-state index in [1.54, 1.807) is 25.6 Å². The summed E-state index contributed by atoms with van der Waals surface area (Å²) in [6.07, 6.45) is 0. The first-order chi connectivity index (χ1) is 6.77. The first-order valence-corrected chi connectivity index (χ1v) is 5.03. The Balaban J connectivity index is 2.72. The van der Waals surface area contributed by atoms with Gasteiger partial charge in [-0.15, -0.1) is 11.3 Å². The quantitative estimate of drug-likeness (QED) is 0.773. The average Bonchev–Trinajstić information content (AvgIpc) is 2.62. The van der Waals surface area contributed by atoms with Gasteiger partial charge in [-0.1, -0.05) is 0 Å². The summed E-state index contributed by atoms with van der Waals surface area (Å²) in [7, 11) is 3.27. The first-order valence-electron chi connectivity index (χ1n) is 4.15. The van der Waals surface area contributed by atoms with E-state index in [2.05, 4.69) is 0 Å². The number of methoxy groups -OCH3 is 2. The molecule has 0 spiro atoms. The van der Waals surface area contributed by atoms with Gasteiger partial charge in [0, 0.05) is 10.8 Å². The molecule has 4 heteroatoms. The molecule has 2 N–H and O–H groups in total. The number of nitrogens with two attached hydrogens (primary N) is 1. The van der Waals surface area contributed by atoms with E-state index in [4.69, 9.17) is 15.2 Å². The van der Waals surface area contributed by atoms with E-state index in [1.807, 2.05) is 17.5 Å². The normalized spacial score (nSPS) is 10.4. The van der Waals surface area contributed by atoms with E-state index in [9.17, 15) is 0 Å². The molecule has 0 aliphatic heterocycles. The molecule has 0 fully saturated rings. The third-order valence-corrected chi connectivity index (χ3v) is 3.15. The summed E-state index contributed by atoms with van der Waals surface area (Å²) in [5.41, 5.74) is 6.61. The highest BCUT2D eigenvalue weighted by Crippen LogP contribution is 2.39. The molecule has 0 aliphatic rings. The van der Waals surface area contributed by atoms with Gasteiger partial charge < -0.3 is 15.2 Å². The van der Waals surface area contributed by atoms with Crippen LogP contribution in [-0.2, 0) is 0 Å². The molecule has 74 valence electrons. The number of hydrogen-bond donors (Lipinski definition) is 1. The Labute approximate surface area is 86.1 Å². The number of fused-ring (bicyclic) bond motifs is 1. The fraction of sp³-hybridized carbons (Fsp3) is 0.200. The lowest BCUT2D eigenvalue weighted by Crippen LogP contribution is -1.91. The van der Waals surface area contributed by atoms with Gasteiger partial charge in [0.25, 0.3) is 0 Å². The van der Waals surface area contributed by atoms with Gasteiger partial charge in [-0.3, -0.25) is 0 Å². The smallest absolute Gasteiger partial charge is 0.143 e. The number of hydrogen-bond acceptors (Lipinski definition) is 4. The summed E-state index contributed by atoms with van der Waals surface area (Å²) in [6.45, 7) is 0. The van der Waals surface area contributed by atoms with Crippen LogP contribution in [0.2, 0.25) is 0 Å². The van der Waals surface area contributed by atoms with Crippen molar-refractivity contribution in [1.29, 1.82) is 0 Å². The van der Waals surface area contributed by atoms with Crippen LogP contribution in [0.3, 0.4) is 0 Å². The van der Waals surface area contributed by atoms with Crippen LogP contribution in [0.1, 0.15) is 0 Å². The van der Waals surface area contributed by atoms with E-state index in [-0.39, 0.29) is 0 Å². The fourth-order valence-electron chi connectivity index (χ4n) is 1.41. The van der Waals surface area contributed by atoms with Gasteiger partial charge in [0.2, 0.25) is 0 Å². The average molecular weight is 209 g/mol. The second-order valence-electron chi connectivity index (χ2n) is 2.86. The number of nitrogen functional groups attached to an aromatic ring is 1. The van der Waals surface area contributed by atoms with Crippen molar-refractivity contribution in [3.63, 3.8) is 0 Å². The minimum absolute atomic E-state index is 0.679. The molecule has 1 heterocycles. The Kier molecular flexibility index (Phi) is 2.21.